The van der Waals surface area contributed by atoms with Crippen LogP contribution in [0.1, 0.15) is 44.7 Å². The van der Waals surface area contributed by atoms with Crippen LogP contribution >= 0.6 is 0 Å². The van der Waals surface area contributed by atoms with E-state index in [1.54, 1.807) is 7.11 Å². The first kappa shape index (κ1) is 16.3. The second-order valence-corrected chi connectivity index (χ2v) is 6.11. The molecule has 3 nitrogen and oxygen atoms in total. The van der Waals surface area contributed by atoms with E-state index in [1.807, 2.05) is 6.07 Å². The zero-order valence-corrected chi connectivity index (χ0v) is 13.8. The summed E-state index contributed by atoms with van der Waals surface area (Å²) in [5, 5.41) is 3.46. The third-order valence-electron chi connectivity index (χ3n) is 4.60. The second-order valence-electron chi connectivity index (χ2n) is 6.11. The van der Waals surface area contributed by atoms with E-state index in [0.29, 0.717) is 6.04 Å². The molecule has 3 heteroatoms. The highest BCUT2D eigenvalue weighted by atomic mass is 16.5. The summed E-state index contributed by atoms with van der Waals surface area (Å²) in [6.07, 6.45) is 3.81. The van der Waals surface area contributed by atoms with E-state index in [-0.39, 0.29) is 0 Å². The maximum absolute atomic E-state index is 5.55. The van der Waals surface area contributed by atoms with Crippen molar-refractivity contribution in [3.63, 3.8) is 0 Å². The highest BCUT2D eigenvalue weighted by Crippen LogP contribution is 2.30. The first-order valence-electron chi connectivity index (χ1n) is 8.34. The smallest absolute Gasteiger partial charge is 0.123 e. The average molecular weight is 290 g/mol. The zero-order valence-electron chi connectivity index (χ0n) is 13.8. The van der Waals surface area contributed by atoms with Crippen LogP contribution in [0.25, 0.3) is 0 Å². The van der Waals surface area contributed by atoms with E-state index in [0.717, 1.165) is 18.2 Å². The summed E-state index contributed by atoms with van der Waals surface area (Å²) < 4.78 is 5.55. The van der Waals surface area contributed by atoms with Crippen molar-refractivity contribution in [1.82, 2.24) is 10.2 Å². The Hall–Kier alpha value is -1.06. The molecule has 1 aromatic carbocycles. The number of ether oxygens (including phenoxy) is 1. The Balaban J connectivity index is 2.08. The lowest BCUT2D eigenvalue weighted by atomic mass is 9.95. The van der Waals surface area contributed by atoms with Gasteiger partial charge in [-0.15, -0.1) is 0 Å². The van der Waals surface area contributed by atoms with Gasteiger partial charge in [-0.2, -0.15) is 0 Å². The molecule has 1 saturated heterocycles. The lowest BCUT2D eigenvalue weighted by Gasteiger charge is -2.34. The van der Waals surface area contributed by atoms with Gasteiger partial charge in [-0.05, 0) is 57.8 Å². The van der Waals surface area contributed by atoms with Gasteiger partial charge in [0.25, 0.3) is 0 Å². The zero-order chi connectivity index (χ0) is 15.1. The number of nitrogens with zero attached hydrogens (tertiary/aromatic N) is 1. The molecular weight excluding hydrogens is 260 g/mol. The van der Waals surface area contributed by atoms with Gasteiger partial charge in [-0.25, -0.2) is 0 Å². The molecule has 1 N–H and O–H groups in total. The summed E-state index contributed by atoms with van der Waals surface area (Å²) in [6.45, 7) is 9.29. The minimum absolute atomic E-state index is 0.413. The fourth-order valence-electron chi connectivity index (χ4n) is 3.33. The Bertz CT molecular complexity index is 415. The lowest BCUT2D eigenvalue weighted by molar-refractivity contribution is 0.159. The maximum Gasteiger partial charge on any atom is 0.123 e. The molecule has 0 spiro atoms. The normalized spacial score (nSPS) is 17.9. The SMILES string of the molecule is CCCN(CC1CCNCC1)C(C)c1ccccc1OC. The van der Waals surface area contributed by atoms with Crippen LogP contribution in [0.4, 0.5) is 0 Å². The third kappa shape index (κ3) is 4.45. The molecule has 0 aromatic heterocycles. The molecular formula is C18H30N2O. The molecule has 2 rings (SSSR count). The molecule has 0 saturated carbocycles. The van der Waals surface area contributed by atoms with Crippen molar-refractivity contribution in [2.45, 2.75) is 39.2 Å². The summed E-state index contributed by atoms with van der Waals surface area (Å²) in [7, 11) is 1.77. The van der Waals surface area contributed by atoms with E-state index in [9.17, 15) is 0 Å². The Morgan fingerprint density at radius 3 is 2.67 bits per heavy atom. The van der Waals surface area contributed by atoms with Crippen LogP contribution in [0.5, 0.6) is 5.75 Å². The number of para-hydroxylation sites is 1. The van der Waals surface area contributed by atoms with Gasteiger partial charge in [0.15, 0.2) is 0 Å². The van der Waals surface area contributed by atoms with Crippen LogP contribution in [0, 0.1) is 5.92 Å². The molecule has 21 heavy (non-hydrogen) atoms. The third-order valence-corrected chi connectivity index (χ3v) is 4.60. The Morgan fingerprint density at radius 1 is 1.29 bits per heavy atom. The number of piperidine rings is 1. The van der Waals surface area contributed by atoms with Gasteiger partial charge in [-0.3, -0.25) is 4.90 Å². The van der Waals surface area contributed by atoms with Gasteiger partial charge in [0, 0.05) is 18.2 Å². The van der Waals surface area contributed by atoms with E-state index in [4.69, 9.17) is 4.74 Å². The highest BCUT2D eigenvalue weighted by molar-refractivity contribution is 5.35. The van der Waals surface area contributed by atoms with Gasteiger partial charge < -0.3 is 10.1 Å². The molecule has 1 atom stereocenters. The Kier molecular flexibility index (Phi) is 6.52. The van der Waals surface area contributed by atoms with Gasteiger partial charge in [0.05, 0.1) is 7.11 Å². The number of hydrogen-bond donors (Lipinski definition) is 1. The molecule has 1 aliphatic heterocycles. The topological polar surface area (TPSA) is 24.5 Å². The summed E-state index contributed by atoms with van der Waals surface area (Å²) in [6, 6.07) is 8.85. The number of hydrogen-bond acceptors (Lipinski definition) is 3. The Labute approximate surface area is 129 Å². The van der Waals surface area contributed by atoms with Crippen molar-refractivity contribution >= 4 is 0 Å². The van der Waals surface area contributed by atoms with Crippen LogP contribution in [-0.4, -0.2) is 38.2 Å². The first-order chi connectivity index (χ1) is 10.3. The molecule has 1 heterocycles. The number of rotatable bonds is 7. The van der Waals surface area contributed by atoms with E-state index in [2.05, 4.69) is 42.3 Å². The minimum Gasteiger partial charge on any atom is -0.496 e. The number of benzene rings is 1. The molecule has 0 amide bonds. The quantitative estimate of drug-likeness (QED) is 0.832. The molecule has 0 aliphatic carbocycles. The summed E-state index contributed by atoms with van der Waals surface area (Å²) in [5.41, 5.74) is 1.31. The highest BCUT2D eigenvalue weighted by Gasteiger charge is 2.22. The predicted molar refractivity (Wildman–Crippen MR) is 88.9 cm³/mol. The number of nitrogens with one attached hydrogen (secondary N) is 1. The van der Waals surface area contributed by atoms with Crippen LogP contribution in [-0.2, 0) is 0 Å². The Morgan fingerprint density at radius 2 is 2.00 bits per heavy atom. The summed E-state index contributed by atoms with van der Waals surface area (Å²) in [4.78, 5) is 2.63. The van der Waals surface area contributed by atoms with Crippen molar-refractivity contribution in [3.8, 4) is 5.75 Å². The fourth-order valence-corrected chi connectivity index (χ4v) is 3.33. The van der Waals surface area contributed by atoms with E-state index >= 15 is 0 Å². The van der Waals surface area contributed by atoms with E-state index in [1.165, 1.54) is 44.5 Å². The van der Waals surface area contributed by atoms with Crippen molar-refractivity contribution in [2.75, 3.05) is 33.3 Å². The summed E-state index contributed by atoms with van der Waals surface area (Å²) >= 11 is 0. The standard InChI is InChI=1S/C18H30N2O/c1-4-13-20(14-16-9-11-19-12-10-16)15(2)17-7-5-6-8-18(17)21-3/h5-8,15-16,19H,4,9-14H2,1-3H3. The first-order valence-corrected chi connectivity index (χ1v) is 8.34. The van der Waals surface area contributed by atoms with E-state index < -0.39 is 0 Å². The molecule has 1 aromatic rings. The van der Waals surface area contributed by atoms with Crippen LogP contribution < -0.4 is 10.1 Å². The maximum atomic E-state index is 5.55. The van der Waals surface area contributed by atoms with Crippen LogP contribution in [0.15, 0.2) is 24.3 Å². The number of methoxy groups -OCH3 is 1. The van der Waals surface area contributed by atoms with Crippen molar-refractivity contribution in [3.05, 3.63) is 29.8 Å². The van der Waals surface area contributed by atoms with Crippen molar-refractivity contribution in [1.29, 1.82) is 0 Å². The van der Waals surface area contributed by atoms with Gasteiger partial charge in [0.1, 0.15) is 5.75 Å². The van der Waals surface area contributed by atoms with Gasteiger partial charge >= 0.3 is 0 Å². The molecule has 1 unspecified atom stereocenters. The van der Waals surface area contributed by atoms with Crippen molar-refractivity contribution < 1.29 is 4.74 Å². The largest absolute Gasteiger partial charge is 0.496 e. The minimum atomic E-state index is 0.413. The van der Waals surface area contributed by atoms with Crippen LogP contribution in [0.3, 0.4) is 0 Å². The lowest BCUT2D eigenvalue weighted by Crippen LogP contribution is -2.37. The predicted octanol–water partition coefficient (Wildman–Crippen LogP) is 3.47. The van der Waals surface area contributed by atoms with Gasteiger partial charge in [0.2, 0.25) is 0 Å². The van der Waals surface area contributed by atoms with Crippen molar-refractivity contribution in [2.24, 2.45) is 5.92 Å². The average Bonchev–Trinajstić information content (AvgIpc) is 2.54. The molecule has 0 bridgehead atoms. The monoisotopic (exact) mass is 290 g/mol. The van der Waals surface area contributed by atoms with Crippen LogP contribution in [0.2, 0.25) is 0 Å². The fraction of sp³-hybridized carbons (Fsp3) is 0.667. The molecule has 1 aliphatic rings. The summed E-state index contributed by atoms with van der Waals surface area (Å²) in [5.74, 6) is 1.84. The molecule has 0 radical (unpaired) electrons. The molecule has 118 valence electrons. The second kappa shape index (κ2) is 8.40. The molecule has 1 fully saturated rings. The van der Waals surface area contributed by atoms with Gasteiger partial charge in [-0.1, -0.05) is 25.1 Å².